The van der Waals surface area contributed by atoms with Crippen LogP contribution < -0.4 is 0 Å². The van der Waals surface area contributed by atoms with Gasteiger partial charge in [-0.3, -0.25) is 4.90 Å². The number of rotatable bonds is 0. The molecule has 2 aliphatic rings. The van der Waals surface area contributed by atoms with Crippen molar-refractivity contribution in [2.75, 3.05) is 6.54 Å². The third kappa shape index (κ3) is 1.19. The van der Waals surface area contributed by atoms with Crippen LogP contribution in [0.1, 0.15) is 40.5 Å². The van der Waals surface area contributed by atoms with E-state index >= 15 is 0 Å². The highest BCUT2D eigenvalue weighted by molar-refractivity contribution is 5.07. The molecular weight excluding hydrogens is 146 g/mol. The summed E-state index contributed by atoms with van der Waals surface area (Å²) in [6, 6.07) is 0.929. The lowest BCUT2D eigenvalue weighted by Crippen LogP contribution is -2.46. The van der Waals surface area contributed by atoms with E-state index in [1.165, 1.54) is 19.4 Å². The number of hydrogen-bond acceptors (Lipinski definition) is 1. The Balaban J connectivity index is 2.07. The smallest absolute Gasteiger partial charge is 0.0161 e. The molecular formula is C11H21N. The Morgan fingerprint density at radius 1 is 1.25 bits per heavy atom. The zero-order valence-corrected chi connectivity index (χ0v) is 8.80. The molecule has 2 rings (SSSR count). The van der Waals surface area contributed by atoms with Crippen molar-refractivity contribution in [2.24, 2.45) is 11.8 Å². The van der Waals surface area contributed by atoms with Crippen molar-refractivity contribution < 1.29 is 0 Å². The second-order valence-corrected chi connectivity index (χ2v) is 5.52. The molecule has 1 heterocycles. The minimum absolute atomic E-state index is 0.397. The lowest BCUT2D eigenvalue weighted by molar-refractivity contribution is 0.0964. The fourth-order valence-corrected chi connectivity index (χ4v) is 2.90. The minimum Gasteiger partial charge on any atom is -0.295 e. The van der Waals surface area contributed by atoms with Crippen LogP contribution in [0.25, 0.3) is 0 Å². The number of fused-ring (bicyclic) bond motifs is 1. The molecule has 70 valence electrons. The molecule has 1 heteroatoms. The Bertz CT molecular complexity index is 180. The van der Waals surface area contributed by atoms with Gasteiger partial charge in [-0.05, 0) is 52.0 Å². The Morgan fingerprint density at radius 2 is 1.92 bits per heavy atom. The van der Waals surface area contributed by atoms with E-state index in [2.05, 4.69) is 32.6 Å². The van der Waals surface area contributed by atoms with Crippen LogP contribution in [0.3, 0.4) is 0 Å². The standard InChI is InChI=1S/C11H21N/c1-8-9-6-5-7-12(10(8)9)11(2,3)4/h8-10H,5-7H2,1-4H3/t8-,9-,10+/m0/s1. The van der Waals surface area contributed by atoms with E-state index in [0.717, 1.165) is 17.9 Å². The van der Waals surface area contributed by atoms with Gasteiger partial charge in [0.15, 0.2) is 0 Å². The zero-order chi connectivity index (χ0) is 8.93. The van der Waals surface area contributed by atoms with Crippen molar-refractivity contribution in [2.45, 2.75) is 52.1 Å². The monoisotopic (exact) mass is 167 g/mol. The molecule has 1 nitrogen and oxygen atoms in total. The van der Waals surface area contributed by atoms with Crippen LogP contribution in [0.2, 0.25) is 0 Å². The summed E-state index contributed by atoms with van der Waals surface area (Å²) in [7, 11) is 0. The van der Waals surface area contributed by atoms with Crippen LogP contribution in [-0.2, 0) is 0 Å². The summed E-state index contributed by atoms with van der Waals surface area (Å²) in [5.74, 6) is 2.02. The molecule has 12 heavy (non-hydrogen) atoms. The first-order valence-electron chi connectivity index (χ1n) is 5.28. The fraction of sp³-hybridized carbons (Fsp3) is 1.00. The highest BCUT2D eigenvalue weighted by Crippen LogP contribution is 2.50. The van der Waals surface area contributed by atoms with Gasteiger partial charge in [0.2, 0.25) is 0 Å². The third-order valence-corrected chi connectivity index (χ3v) is 3.67. The maximum absolute atomic E-state index is 2.71. The predicted molar refractivity (Wildman–Crippen MR) is 52.1 cm³/mol. The first kappa shape index (κ1) is 8.55. The summed E-state index contributed by atoms with van der Waals surface area (Å²) in [5, 5.41) is 0. The van der Waals surface area contributed by atoms with E-state index in [1.54, 1.807) is 0 Å². The van der Waals surface area contributed by atoms with Crippen LogP contribution in [-0.4, -0.2) is 23.0 Å². The van der Waals surface area contributed by atoms with Gasteiger partial charge in [-0.1, -0.05) is 6.92 Å². The predicted octanol–water partition coefficient (Wildman–Crippen LogP) is 2.52. The average Bonchev–Trinajstić information content (AvgIpc) is 2.61. The van der Waals surface area contributed by atoms with Gasteiger partial charge in [0.1, 0.15) is 0 Å². The molecule has 2 fully saturated rings. The maximum Gasteiger partial charge on any atom is 0.0161 e. The summed E-state index contributed by atoms with van der Waals surface area (Å²) < 4.78 is 0. The molecule has 0 amide bonds. The van der Waals surface area contributed by atoms with Gasteiger partial charge >= 0.3 is 0 Å². The Labute approximate surface area is 76.1 Å². The third-order valence-electron chi connectivity index (χ3n) is 3.67. The van der Waals surface area contributed by atoms with E-state index in [0.29, 0.717) is 5.54 Å². The summed E-state index contributed by atoms with van der Waals surface area (Å²) in [6.45, 7) is 10.8. The van der Waals surface area contributed by atoms with Crippen LogP contribution in [0.5, 0.6) is 0 Å². The zero-order valence-electron chi connectivity index (χ0n) is 8.80. The van der Waals surface area contributed by atoms with Crippen molar-refractivity contribution in [1.29, 1.82) is 0 Å². The van der Waals surface area contributed by atoms with Gasteiger partial charge in [-0.25, -0.2) is 0 Å². The highest BCUT2D eigenvalue weighted by Gasteiger charge is 2.53. The van der Waals surface area contributed by atoms with Crippen LogP contribution in [0.4, 0.5) is 0 Å². The minimum atomic E-state index is 0.397. The Kier molecular flexibility index (Phi) is 1.76. The van der Waals surface area contributed by atoms with Crippen molar-refractivity contribution in [3.8, 4) is 0 Å². The van der Waals surface area contributed by atoms with E-state index < -0.39 is 0 Å². The van der Waals surface area contributed by atoms with Gasteiger partial charge in [0, 0.05) is 11.6 Å². The average molecular weight is 167 g/mol. The van der Waals surface area contributed by atoms with Gasteiger partial charge in [0.25, 0.3) is 0 Å². The van der Waals surface area contributed by atoms with E-state index in [-0.39, 0.29) is 0 Å². The van der Waals surface area contributed by atoms with Gasteiger partial charge < -0.3 is 0 Å². The molecule has 0 unspecified atom stereocenters. The summed E-state index contributed by atoms with van der Waals surface area (Å²) in [4.78, 5) is 2.71. The van der Waals surface area contributed by atoms with Crippen LogP contribution in [0, 0.1) is 11.8 Å². The lowest BCUT2D eigenvalue weighted by atomic mass is 10.0. The highest BCUT2D eigenvalue weighted by atomic mass is 15.3. The van der Waals surface area contributed by atoms with Crippen LogP contribution in [0.15, 0.2) is 0 Å². The van der Waals surface area contributed by atoms with E-state index in [1.807, 2.05) is 0 Å². The molecule has 0 aromatic carbocycles. The molecule has 0 N–H and O–H groups in total. The quantitative estimate of drug-likeness (QED) is 0.536. The van der Waals surface area contributed by atoms with Crippen LogP contribution >= 0.6 is 0 Å². The molecule has 0 aromatic heterocycles. The largest absolute Gasteiger partial charge is 0.295 e. The first-order valence-corrected chi connectivity index (χ1v) is 5.28. The van der Waals surface area contributed by atoms with Crippen molar-refractivity contribution in [1.82, 2.24) is 4.90 Å². The van der Waals surface area contributed by atoms with Gasteiger partial charge in [0.05, 0.1) is 0 Å². The molecule has 1 aliphatic heterocycles. The topological polar surface area (TPSA) is 3.24 Å². The summed E-state index contributed by atoms with van der Waals surface area (Å²) in [6.07, 6.45) is 2.90. The maximum atomic E-state index is 2.71. The van der Waals surface area contributed by atoms with Crippen molar-refractivity contribution in [3.05, 3.63) is 0 Å². The number of hydrogen-bond donors (Lipinski definition) is 0. The summed E-state index contributed by atoms with van der Waals surface area (Å²) >= 11 is 0. The van der Waals surface area contributed by atoms with Gasteiger partial charge in [-0.2, -0.15) is 0 Å². The molecule has 1 aliphatic carbocycles. The van der Waals surface area contributed by atoms with Crippen molar-refractivity contribution >= 4 is 0 Å². The molecule has 1 saturated carbocycles. The Morgan fingerprint density at radius 3 is 2.42 bits per heavy atom. The molecule has 3 atom stereocenters. The Hall–Kier alpha value is -0.0400. The second-order valence-electron chi connectivity index (χ2n) is 5.52. The molecule has 0 spiro atoms. The SMILES string of the molecule is C[C@H]1[C@@H]2CCCN(C(C)(C)C)[C@H]12. The molecule has 0 radical (unpaired) electrons. The fourth-order valence-electron chi connectivity index (χ4n) is 2.90. The normalized spacial score (nSPS) is 42.5. The molecule has 0 bridgehead atoms. The number of piperidine rings is 1. The molecule has 1 saturated heterocycles. The lowest BCUT2D eigenvalue weighted by Gasteiger charge is -2.38. The summed E-state index contributed by atoms with van der Waals surface area (Å²) in [5.41, 5.74) is 0.397. The molecule has 0 aromatic rings. The first-order chi connectivity index (χ1) is 5.52. The van der Waals surface area contributed by atoms with Crippen molar-refractivity contribution in [3.63, 3.8) is 0 Å². The van der Waals surface area contributed by atoms with E-state index in [4.69, 9.17) is 0 Å². The van der Waals surface area contributed by atoms with E-state index in [9.17, 15) is 0 Å². The number of likely N-dealkylation sites (tertiary alicyclic amines) is 1. The second kappa shape index (κ2) is 2.47. The number of nitrogens with zero attached hydrogens (tertiary/aromatic N) is 1. The van der Waals surface area contributed by atoms with Gasteiger partial charge in [-0.15, -0.1) is 0 Å².